The highest BCUT2D eigenvalue weighted by molar-refractivity contribution is 7.27. The van der Waals surface area contributed by atoms with Crippen LogP contribution in [0.5, 0.6) is 0 Å². The highest BCUT2D eigenvalue weighted by atomic mass is 32.1. The number of para-hydroxylation sites is 2. The molecule has 0 spiro atoms. The Morgan fingerprint density at radius 1 is 0.314 bits per heavy atom. The minimum absolute atomic E-state index is 0.845. The fourth-order valence-corrected chi connectivity index (χ4v) is 14.2. The van der Waals surface area contributed by atoms with Crippen LogP contribution in [0, 0.1) is 0 Å². The second-order valence-electron chi connectivity index (χ2n) is 18.4. The highest BCUT2D eigenvalue weighted by Gasteiger charge is 2.21. The largest absolute Gasteiger partial charge is 0.309 e. The molecule has 16 aromatic rings. The van der Waals surface area contributed by atoms with Crippen LogP contribution in [-0.4, -0.2) is 19.1 Å². The Morgan fingerprint density at radius 3 is 1.43 bits per heavy atom. The summed E-state index contributed by atoms with van der Waals surface area (Å²) in [6.45, 7) is 0. The summed E-state index contributed by atoms with van der Waals surface area (Å²) in [5, 5.41) is 14.9. The molecule has 0 atom stereocenters. The second-order valence-corrected chi connectivity index (χ2v) is 20.5. The minimum Gasteiger partial charge on any atom is -0.309 e. The molecule has 5 heterocycles. The van der Waals surface area contributed by atoms with E-state index in [-0.39, 0.29) is 0 Å². The van der Waals surface area contributed by atoms with E-state index in [1.165, 1.54) is 84.0 Å². The van der Waals surface area contributed by atoms with E-state index in [2.05, 4.69) is 221 Å². The molecule has 16 rings (SSSR count). The molecular weight excluding hydrogens is 889 g/mol. The molecule has 0 aliphatic heterocycles. The zero-order valence-electron chi connectivity index (χ0n) is 37.4. The Labute approximate surface area is 408 Å². The summed E-state index contributed by atoms with van der Waals surface area (Å²) in [7, 11) is 0. The predicted molar refractivity (Wildman–Crippen MR) is 300 cm³/mol. The van der Waals surface area contributed by atoms with Crippen molar-refractivity contribution in [1.29, 1.82) is 0 Å². The molecule has 70 heavy (non-hydrogen) atoms. The van der Waals surface area contributed by atoms with Crippen LogP contribution in [0.3, 0.4) is 0 Å². The van der Waals surface area contributed by atoms with Crippen molar-refractivity contribution in [1.82, 2.24) is 19.1 Å². The second kappa shape index (κ2) is 14.4. The van der Waals surface area contributed by atoms with Gasteiger partial charge in [0.25, 0.3) is 0 Å². The molecule has 0 bridgehead atoms. The summed E-state index contributed by atoms with van der Waals surface area (Å²) in [5.74, 6) is 0. The van der Waals surface area contributed by atoms with Gasteiger partial charge in [0.2, 0.25) is 0 Å². The SMILES string of the molecule is c1cc(-c2ccc3c(c2)c2ccccc2c2nc(-c4cccc(-n5c6ccccc6c6c7sc8ccccc8c7ccc65)c4)cnc32)cc(-n2c3ccccc3c3c4sc5ccccc5c4ccc32)c1. The third kappa shape index (κ3) is 5.34. The van der Waals surface area contributed by atoms with Gasteiger partial charge in [0.05, 0.1) is 45.0 Å². The predicted octanol–water partition coefficient (Wildman–Crippen LogP) is 18.2. The van der Waals surface area contributed by atoms with Gasteiger partial charge in [0.15, 0.2) is 0 Å². The van der Waals surface area contributed by atoms with Crippen molar-refractivity contribution in [3.05, 3.63) is 219 Å². The van der Waals surface area contributed by atoms with Gasteiger partial charge in [-0.3, -0.25) is 4.98 Å². The number of hydrogen-bond donors (Lipinski definition) is 0. The van der Waals surface area contributed by atoms with Gasteiger partial charge in [-0.1, -0.05) is 146 Å². The third-order valence-electron chi connectivity index (χ3n) is 14.7. The molecule has 11 aromatic carbocycles. The van der Waals surface area contributed by atoms with E-state index in [4.69, 9.17) is 9.97 Å². The van der Waals surface area contributed by atoms with Gasteiger partial charge in [-0.25, -0.2) is 4.98 Å². The van der Waals surface area contributed by atoms with Crippen LogP contribution in [0.1, 0.15) is 0 Å². The van der Waals surface area contributed by atoms with Gasteiger partial charge in [-0.15, -0.1) is 22.7 Å². The van der Waals surface area contributed by atoms with Crippen LogP contribution in [0.15, 0.2) is 219 Å². The van der Waals surface area contributed by atoms with E-state index in [0.29, 0.717) is 0 Å². The van der Waals surface area contributed by atoms with Crippen molar-refractivity contribution in [3.8, 4) is 33.8 Å². The van der Waals surface area contributed by atoms with Crippen molar-refractivity contribution >= 4 is 139 Å². The summed E-state index contributed by atoms with van der Waals surface area (Å²) in [4.78, 5) is 10.7. The fraction of sp³-hybridized carbons (Fsp3) is 0. The standard InChI is InChI=1S/C64H36N4S2/c1-2-20-45-42(17-1)51-35-38(37-13-11-15-40(33-37)67-53-23-7-3-21-49(53)59-55(67)31-29-47-43-18-5-9-25-57(43)69-63(47)59)27-28-46(51)61-62(45)66-52(36-65-61)39-14-12-16-41(34-39)68-54-24-8-4-22-50(54)60-56(68)32-30-48-44-19-6-10-26-58(44)70-64(48)60/h1-36H. The van der Waals surface area contributed by atoms with Crippen molar-refractivity contribution in [2.24, 2.45) is 0 Å². The van der Waals surface area contributed by atoms with Crippen molar-refractivity contribution in [2.75, 3.05) is 0 Å². The van der Waals surface area contributed by atoms with Crippen LogP contribution in [0.25, 0.3) is 150 Å². The van der Waals surface area contributed by atoms with Crippen molar-refractivity contribution in [2.45, 2.75) is 0 Å². The van der Waals surface area contributed by atoms with E-state index in [0.717, 1.165) is 66.3 Å². The quantitative estimate of drug-likeness (QED) is 0.165. The van der Waals surface area contributed by atoms with Gasteiger partial charge >= 0.3 is 0 Å². The zero-order valence-corrected chi connectivity index (χ0v) is 39.0. The molecule has 0 unspecified atom stereocenters. The van der Waals surface area contributed by atoms with E-state index >= 15 is 0 Å². The molecule has 0 N–H and O–H groups in total. The lowest BCUT2D eigenvalue weighted by atomic mass is 9.95. The molecule has 0 aliphatic carbocycles. The minimum atomic E-state index is 0.845. The topological polar surface area (TPSA) is 35.6 Å². The summed E-state index contributed by atoms with van der Waals surface area (Å²) in [6.07, 6.45) is 1.96. The number of aromatic nitrogens is 4. The Hall–Kier alpha value is -8.68. The molecule has 6 heteroatoms. The van der Waals surface area contributed by atoms with E-state index in [1.807, 2.05) is 28.9 Å². The Morgan fingerprint density at radius 2 is 0.800 bits per heavy atom. The number of thiophene rings is 2. The van der Waals surface area contributed by atoms with Crippen LogP contribution in [0.4, 0.5) is 0 Å². The number of benzene rings is 11. The molecule has 0 saturated heterocycles. The van der Waals surface area contributed by atoms with Crippen molar-refractivity contribution in [3.63, 3.8) is 0 Å². The highest BCUT2D eigenvalue weighted by Crippen LogP contribution is 2.46. The van der Waals surface area contributed by atoms with Gasteiger partial charge < -0.3 is 9.13 Å². The molecule has 0 saturated carbocycles. The molecular formula is C64H36N4S2. The van der Waals surface area contributed by atoms with Gasteiger partial charge in [0, 0.05) is 89.6 Å². The molecule has 5 aromatic heterocycles. The van der Waals surface area contributed by atoms with E-state index in [1.54, 1.807) is 0 Å². The summed E-state index contributed by atoms with van der Waals surface area (Å²) in [5.41, 5.74) is 13.1. The third-order valence-corrected chi connectivity index (χ3v) is 17.1. The molecule has 4 nitrogen and oxygen atoms in total. The Kier molecular flexibility index (Phi) is 7.89. The average Bonchev–Trinajstić information content (AvgIpc) is 4.19. The smallest absolute Gasteiger partial charge is 0.0979 e. The molecule has 0 radical (unpaired) electrons. The average molecular weight is 925 g/mol. The lowest BCUT2D eigenvalue weighted by Crippen LogP contribution is -1.96. The Bertz CT molecular complexity index is 4580. The number of rotatable bonds is 4. The lowest BCUT2D eigenvalue weighted by molar-refractivity contribution is 1.18. The molecule has 324 valence electrons. The van der Waals surface area contributed by atoms with Crippen LogP contribution in [0.2, 0.25) is 0 Å². The first-order chi connectivity index (χ1) is 34.7. The first-order valence-corrected chi connectivity index (χ1v) is 25.3. The van der Waals surface area contributed by atoms with Gasteiger partial charge in [-0.2, -0.15) is 0 Å². The van der Waals surface area contributed by atoms with Crippen LogP contribution >= 0.6 is 22.7 Å². The van der Waals surface area contributed by atoms with Crippen LogP contribution < -0.4 is 0 Å². The molecule has 0 fully saturated rings. The van der Waals surface area contributed by atoms with Gasteiger partial charge in [-0.05, 0) is 88.6 Å². The first-order valence-electron chi connectivity index (χ1n) is 23.7. The maximum Gasteiger partial charge on any atom is 0.0979 e. The fourth-order valence-electron chi connectivity index (χ4n) is 11.6. The summed E-state index contributed by atoms with van der Waals surface area (Å²) in [6, 6.07) is 77.7. The maximum atomic E-state index is 5.47. The zero-order chi connectivity index (χ0) is 45.6. The number of hydrogen-bond acceptors (Lipinski definition) is 4. The number of fused-ring (bicyclic) bond motifs is 20. The molecule has 0 aliphatic rings. The Balaban J connectivity index is 0.820. The summed E-state index contributed by atoms with van der Waals surface area (Å²) < 4.78 is 10.2. The molecule has 0 amide bonds. The lowest BCUT2D eigenvalue weighted by Gasteiger charge is -2.14. The summed E-state index contributed by atoms with van der Waals surface area (Å²) >= 11 is 3.78. The number of nitrogens with zero attached hydrogens (tertiary/aromatic N) is 4. The van der Waals surface area contributed by atoms with Crippen molar-refractivity contribution < 1.29 is 0 Å². The monoisotopic (exact) mass is 924 g/mol. The van der Waals surface area contributed by atoms with Gasteiger partial charge in [0.1, 0.15) is 0 Å². The van der Waals surface area contributed by atoms with E-state index in [9.17, 15) is 0 Å². The normalized spacial score (nSPS) is 12.3. The maximum absolute atomic E-state index is 5.47. The van der Waals surface area contributed by atoms with Crippen LogP contribution in [-0.2, 0) is 0 Å². The first kappa shape index (κ1) is 38.3. The van der Waals surface area contributed by atoms with E-state index < -0.39 is 0 Å².